The summed E-state index contributed by atoms with van der Waals surface area (Å²) in [5.74, 6) is 0.158. The number of pyridine rings is 1. The van der Waals surface area contributed by atoms with Crippen molar-refractivity contribution < 1.29 is 13.2 Å². The zero-order chi connectivity index (χ0) is 19.1. The minimum atomic E-state index is -3.34. The van der Waals surface area contributed by atoms with Crippen molar-refractivity contribution in [2.24, 2.45) is 5.73 Å². The van der Waals surface area contributed by atoms with E-state index < -0.39 is 15.9 Å². The molecule has 1 amide bonds. The molecule has 3 rings (SSSR count). The number of rotatable bonds is 5. The zero-order valence-corrected chi connectivity index (χ0v) is 15.7. The number of primary amides is 1. The van der Waals surface area contributed by atoms with Crippen LogP contribution < -0.4 is 15.4 Å². The Kier molecular flexibility index (Phi) is 4.61. The lowest BCUT2D eigenvalue weighted by molar-refractivity contribution is 0.0993. The fourth-order valence-electron chi connectivity index (χ4n) is 3.11. The van der Waals surface area contributed by atoms with Gasteiger partial charge in [0.1, 0.15) is 5.82 Å². The van der Waals surface area contributed by atoms with E-state index in [-0.39, 0.29) is 6.04 Å². The number of nitrogens with two attached hydrogens (primary N) is 1. The van der Waals surface area contributed by atoms with Gasteiger partial charge in [-0.1, -0.05) is 0 Å². The van der Waals surface area contributed by atoms with E-state index in [1.807, 2.05) is 23.4 Å². The first-order valence-electron chi connectivity index (χ1n) is 8.24. The number of carbonyl (C=O) groups is 1. The minimum absolute atomic E-state index is 0.142. The summed E-state index contributed by atoms with van der Waals surface area (Å²) in [6.07, 6.45) is 3.28. The second-order valence-corrected chi connectivity index (χ2v) is 8.38. The molecule has 0 unspecified atom stereocenters. The van der Waals surface area contributed by atoms with Crippen LogP contribution in [0.15, 0.2) is 18.3 Å². The number of hydrogen-bond donors (Lipinski definition) is 2. The average molecular weight is 378 g/mol. The molecule has 0 aromatic carbocycles. The Balaban J connectivity index is 1.87. The Morgan fingerprint density at radius 3 is 2.62 bits per heavy atom. The van der Waals surface area contributed by atoms with Crippen LogP contribution >= 0.6 is 0 Å². The van der Waals surface area contributed by atoms with E-state index in [9.17, 15) is 13.2 Å². The van der Waals surface area contributed by atoms with Crippen LogP contribution in [-0.2, 0) is 23.0 Å². The summed E-state index contributed by atoms with van der Waals surface area (Å²) in [6.45, 7) is 5.22. The summed E-state index contributed by atoms with van der Waals surface area (Å²) in [5, 5.41) is 4.39. The smallest absolute Gasteiger partial charge is 0.269 e. The number of nitrogens with one attached hydrogen (secondary N) is 1. The Labute approximate surface area is 152 Å². The van der Waals surface area contributed by atoms with E-state index in [4.69, 9.17) is 5.73 Å². The third-order valence-corrected chi connectivity index (χ3v) is 4.79. The third kappa shape index (κ3) is 3.64. The van der Waals surface area contributed by atoms with Gasteiger partial charge in [0, 0.05) is 36.8 Å². The molecule has 0 aliphatic carbocycles. The summed E-state index contributed by atoms with van der Waals surface area (Å²) >= 11 is 0. The van der Waals surface area contributed by atoms with Crippen LogP contribution in [0.25, 0.3) is 0 Å². The largest absolute Gasteiger partial charge is 0.364 e. The zero-order valence-electron chi connectivity index (χ0n) is 14.9. The second kappa shape index (κ2) is 6.60. The summed E-state index contributed by atoms with van der Waals surface area (Å²) < 4.78 is 26.8. The number of carbonyl (C=O) groups excluding carboxylic acids is 1. The van der Waals surface area contributed by atoms with Crippen molar-refractivity contribution in [3.8, 4) is 0 Å². The third-order valence-electron chi connectivity index (χ3n) is 4.18. The number of nitrogens with zero attached hydrogens (tertiary/aromatic N) is 4. The lowest BCUT2D eigenvalue weighted by Gasteiger charge is -2.29. The van der Waals surface area contributed by atoms with Crippen LogP contribution in [-0.4, -0.2) is 41.9 Å². The number of hydrogen-bond acceptors (Lipinski definition) is 6. The molecule has 1 aliphatic heterocycles. The van der Waals surface area contributed by atoms with Gasteiger partial charge in [-0.2, -0.15) is 5.10 Å². The molecule has 0 atom stereocenters. The average Bonchev–Trinajstić information content (AvgIpc) is 2.93. The number of amides is 1. The van der Waals surface area contributed by atoms with Gasteiger partial charge in [-0.15, -0.1) is 0 Å². The molecule has 2 aromatic rings. The first-order valence-corrected chi connectivity index (χ1v) is 10.1. The SMILES string of the molecule is CC(C)n1nc(C(N)=O)c2c1CCN(c1ccc(NS(C)(=O)=O)cn1)C2. The molecule has 0 fully saturated rings. The highest BCUT2D eigenvalue weighted by atomic mass is 32.2. The molecule has 0 spiro atoms. The molecule has 2 aromatic heterocycles. The molecule has 0 radical (unpaired) electrons. The second-order valence-electron chi connectivity index (χ2n) is 6.63. The van der Waals surface area contributed by atoms with E-state index in [0.29, 0.717) is 23.7 Å². The Morgan fingerprint density at radius 2 is 2.08 bits per heavy atom. The fraction of sp³-hybridized carbons (Fsp3) is 0.438. The molecule has 140 valence electrons. The van der Waals surface area contributed by atoms with Gasteiger partial charge in [0.05, 0.1) is 18.1 Å². The van der Waals surface area contributed by atoms with Crippen molar-refractivity contribution in [1.82, 2.24) is 14.8 Å². The molecule has 1 aliphatic rings. The summed E-state index contributed by atoms with van der Waals surface area (Å²) in [4.78, 5) is 18.1. The van der Waals surface area contributed by atoms with Gasteiger partial charge in [-0.05, 0) is 26.0 Å². The lowest BCUT2D eigenvalue weighted by Crippen LogP contribution is -2.32. The number of fused-ring (bicyclic) bond motifs is 1. The van der Waals surface area contributed by atoms with Gasteiger partial charge in [0.15, 0.2) is 5.69 Å². The summed E-state index contributed by atoms with van der Waals surface area (Å²) in [6, 6.07) is 3.55. The molecular formula is C16H22N6O3S. The lowest BCUT2D eigenvalue weighted by atomic mass is 10.0. The Hall–Kier alpha value is -2.62. The van der Waals surface area contributed by atoms with Crippen molar-refractivity contribution in [3.63, 3.8) is 0 Å². The van der Waals surface area contributed by atoms with Crippen molar-refractivity contribution in [3.05, 3.63) is 35.3 Å². The van der Waals surface area contributed by atoms with Gasteiger partial charge in [0.25, 0.3) is 5.91 Å². The highest BCUT2D eigenvalue weighted by Gasteiger charge is 2.28. The molecule has 0 saturated heterocycles. The quantitative estimate of drug-likeness (QED) is 0.796. The fourth-order valence-corrected chi connectivity index (χ4v) is 3.66. The van der Waals surface area contributed by atoms with E-state index in [1.54, 1.807) is 12.1 Å². The first kappa shape index (κ1) is 18.2. The maximum atomic E-state index is 11.8. The molecule has 0 saturated carbocycles. The molecule has 26 heavy (non-hydrogen) atoms. The topological polar surface area (TPSA) is 123 Å². The van der Waals surface area contributed by atoms with Crippen molar-refractivity contribution in [2.75, 3.05) is 22.4 Å². The van der Waals surface area contributed by atoms with Crippen LogP contribution in [0.1, 0.15) is 41.6 Å². The van der Waals surface area contributed by atoms with E-state index in [1.165, 1.54) is 6.20 Å². The predicted octanol–water partition coefficient (Wildman–Crippen LogP) is 0.892. The predicted molar refractivity (Wildman–Crippen MR) is 98.6 cm³/mol. The van der Waals surface area contributed by atoms with E-state index >= 15 is 0 Å². The monoisotopic (exact) mass is 378 g/mol. The Morgan fingerprint density at radius 1 is 1.35 bits per heavy atom. The van der Waals surface area contributed by atoms with Gasteiger partial charge >= 0.3 is 0 Å². The van der Waals surface area contributed by atoms with Crippen LogP contribution in [0.2, 0.25) is 0 Å². The van der Waals surface area contributed by atoms with Gasteiger partial charge in [0.2, 0.25) is 10.0 Å². The maximum Gasteiger partial charge on any atom is 0.269 e. The molecule has 9 nitrogen and oxygen atoms in total. The number of sulfonamides is 1. The maximum absolute atomic E-state index is 11.8. The van der Waals surface area contributed by atoms with Crippen LogP contribution in [0.4, 0.5) is 11.5 Å². The van der Waals surface area contributed by atoms with Crippen LogP contribution in [0, 0.1) is 0 Å². The van der Waals surface area contributed by atoms with Crippen molar-refractivity contribution in [2.45, 2.75) is 32.9 Å². The molecule has 3 N–H and O–H groups in total. The van der Waals surface area contributed by atoms with E-state index in [2.05, 4.69) is 14.8 Å². The van der Waals surface area contributed by atoms with Crippen molar-refractivity contribution in [1.29, 1.82) is 0 Å². The molecule has 10 heteroatoms. The van der Waals surface area contributed by atoms with Crippen LogP contribution in [0.3, 0.4) is 0 Å². The van der Waals surface area contributed by atoms with Crippen molar-refractivity contribution >= 4 is 27.4 Å². The molecule has 3 heterocycles. The minimum Gasteiger partial charge on any atom is -0.364 e. The van der Waals surface area contributed by atoms with Gasteiger partial charge in [-0.3, -0.25) is 14.2 Å². The van der Waals surface area contributed by atoms with Gasteiger partial charge in [-0.25, -0.2) is 13.4 Å². The molecule has 0 bridgehead atoms. The standard InChI is InChI=1S/C16H22N6O3S/c1-10(2)22-13-6-7-21(9-12(13)15(19-22)16(17)23)14-5-4-11(8-18-14)20-26(3,24)25/h4-5,8,10,20H,6-7,9H2,1-3H3,(H2,17,23). The normalized spacial score (nSPS) is 14.4. The van der Waals surface area contributed by atoms with E-state index in [0.717, 1.165) is 30.5 Å². The first-order chi connectivity index (χ1) is 12.2. The highest BCUT2D eigenvalue weighted by molar-refractivity contribution is 7.92. The van der Waals surface area contributed by atoms with Gasteiger partial charge < -0.3 is 10.6 Å². The number of aromatic nitrogens is 3. The Bertz CT molecular complexity index is 934. The molecular weight excluding hydrogens is 356 g/mol. The van der Waals surface area contributed by atoms with Crippen LogP contribution in [0.5, 0.6) is 0 Å². The summed E-state index contributed by atoms with van der Waals surface area (Å²) in [7, 11) is -3.34. The highest BCUT2D eigenvalue weighted by Crippen LogP contribution is 2.28. The number of anilines is 2. The summed E-state index contributed by atoms with van der Waals surface area (Å²) in [5.41, 5.74) is 8.06.